The minimum absolute atomic E-state index is 0.0185. The van der Waals surface area contributed by atoms with Gasteiger partial charge in [0.2, 0.25) is 0 Å². The predicted molar refractivity (Wildman–Crippen MR) is 120 cm³/mol. The van der Waals surface area contributed by atoms with Gasteiger partial charge in [0.25, 0.3) is 15.9 Å². The summed E-state index contributed by atoms with van der Waals surface area (Å²) in [5, 5.41) is 9.46. The van der Waals surface area contributed by atoms with E-state index in [1.54, 1.807) is 31.2 Å². The van der Waals surface area contributed by atoms with Crippen molar-refractivity contribution in [1.82, 2.24) is 10.5 Å². The molecule has 2 aromatic carbocycles. The van der Waals surface area contributed by atoms with Gasteiger partial charge in [-0.1, -0.05) is 16.8 Å². The number of hydrogen-bond acceptors (Lipinski definition) is 7. The summed E-state index contributed by atoms with van der Waals surface area (Å²) in [5.74, 6) is 0.596. The molecule has 31 heavy (non-hydrogen) atoms. The zero-order valence-electron chi connectivity index (χ0n) is 16.1. The van der Waals surface area contributed by atoms with Crippen molar-refractivity contribution in [3.63, 3.8) is 0 Å². The largest absolute Gasteiger partial charge is 0.484 e. The summed E-state index contributed by atoms with van der Waals surface area (Å²) in [6.07, 6.45) is 0. The highest BCUT2D eigenvalue weighted by molar-refractivity contribution is 7.92. The molecule has 0 bridgehead atoms. The molecule has 12 heteroatoms. The molecule has 0 saturated heterocycles. The zero-order valence-corrected chi connectivity index (χ0v) is 18.5. The first-order valence-corrected chi connectivity index (χ1v) is 11.0. The number of rotatable bonds is 7. The summed E-state index contributed by atoms with van der Waals surface area (Å²) in [7, 11) is -3.83. The highest BCUT2D eigenvalue weighted by atomic mass is 35.5. The molecule has 1 amide bonds. The van der Waals surface area contributed by atoms with E-state index < -0.39 is 15.9 Å². The van der Waals surface area contributed by atoms with E-state index in [2.05, 4.69) is 20.5 Å². The van der Waals surface area contributed by atoms with Gasteiger partial charge in [0.1, 0.15) is 11.5 Å². The Balaban J connectivity index is 1.51. The van der Waals surface area contributed by atoms with Crippen LogP contribution in [0.3, 0.4) is 0 Å². The predicted octanol–water partition coefficient (Wildman–Crippen LogP) is 3.33. The molecule has 0 radical (unpaired) electrons. The van der Waals surface area contributed by atoms with E-state index in [1.165, 1.54) is 30.3 Å². The van der Waals surface area contributed by atoms with Crippen molar-refractivity contribution in [1.29, 1.82) is 0 Å². The molecule has 0 unspecified atom stereocenters. The molecule has 9 nitrogen and oxygen atoms in total. The molecule has 0 aliphatic carbocycles. The summed E-state index contributed by atoms with van der Waals surface area (Å²) >= 11 is 10.9. The van der Waals surface area contributed by atoms with Crippen molar-refractivity contribution in [3.05, 3.63) is 65.4 Å². The maximum Gasteiger partial charge on any atom is 0.264 e. The number of sulfonamides is 1. The van der Waals surface area contributed by atoms with E-state index in [9.17, 15) is 13.2 Å². The molecule has 0 aliphatic rings. The minimum Gasteiger partial charge on any atom is -0.484 e. The topological polar surface area (TPSA) is 123 Å². The second-order valence-corrected chi connectivity index (χ2v) is 8.72. The number of anilines is 2. The van der Waals surface area contributed by atoms with E-state index in [0.717, 1.165) is 0 Å². The summed E-state index contributed by atoms with van der Waals surface area (Å²) in [6, 6.07) is 13.8. The van der Waals surface area contributed by atoms with Crippen LogP contribution < -0.4 is 20.1 Å². The summed E-state index contributed by atoms with van der Waals surface area (Å²) in [5.41, 5.74) is 0.486. The lowest BCUT2D eigenvalue weighted by Gasteiger charge is -2.11. The Morgan fingerprint density at radius 3 is 2.45 bits per heavy atom. The zero-order chi connectivity index (χ0) is 22.4. The average molecular weight is 481 g/mol. The van der Waals surface area contributed by atoms with E-state index in [1.807, 2.05) is 0 Å². The fourth-order valence-electron chi connectivity index (χ4n) is 2.33. The second kappa shape index (κ2) is 9.77. The lowest BCUT2D eigenvalue weighted by Crippen LogP contribution is -2.37. The van der Waals surface area contributed by atoms with Gasteiger partial charge in [-0.25, -0.2) is 8.42 Å². The third-order valence-corrected chi connectivity index (χ3v) is 5.55. The molecule has 1 aromatic heterocycles. The smallest absolute Gasteiger partial charge is 0.264 e. The van der Waals surface area contributed by atoms with Gasteiger partial charge < -0.3 is 14.6 Å². The summed E-state index contributed by atoms with van der Waals surface area (Å²) < 4.78 is 37.2. The first kappa shape index (κ1) is 22.5. The first-order valence-electron chi connectivity index (χ1n) is 8.77. The van der Waals surface area contributed by atoms with Crippen molar-refractivity contribution in [2.45, 2.75) is 11.8 Å². The van der Waals surface area contributed by atoms with Crippen LogP contribution in [0.15, 0.2) is 64.0 Å². The number of hydrogen-bond donors (Lipinski definition) is 3. The number of ether oxygens (including phenoxy) is 1. The number of carbonyl (C=O) groups is 1. The number of nitrogens with zero attached hydrogens (tertiary/aromatic N) is 1. The number of amides is 1. The molecule has 0 saturated carbocycles. The lowest BCUT2D eigenvalue weighted by molar-refractivity contribution is -0.121. The molecule has 3 aromatic rings. The molecule has 0 spiro atoms. The molecular formula is C19H17ClN4O5S2. The van der Waals surface area contributed by atoms with Crippen molar-refractivity contribution < 1.29 is 22.5 Å². The van der Waals surface area contributed by atoms with Crippen LogP contribution >= 0.6 is 23.8 Å². The first-order chi connectivity index (χ1) is 14.7. The van der Waals surface area contributed by atoms with Crippen molar-refractivity contribution in [2.24, 2.45) is 0 Å². The normalized spacial score (nSPS) is 10.9. The Morgan fingerprint density at radius 1 is 1.16 bits per heavy atom. The van der Waals surface area contributed by atoms with Gasteiger partial charge in [0.05, 0.1) is 4.90 Å². The van der Waals surface area contributed by atoms with Gasteiger partial charge in [-0.2, -0.15) is 0 Å². The van der Waals surface area contributed by atoms with Crippen LogP contribution in [0.2, 0.25) is 5.02 Å². The maximum atomic E-state index is 12.4. The Labute approximate surface area is 188 Å². The monoisotopic (exact) mass is 480 g/mol. The third-order valence-electron chi connectivity index (χ3n) is 3.73. The SMILES string of the molecule is Cc1cc(NS(=O)(=O)c2ccc(NC(=S)NC(=O)COc3ccc(Cl)cc3)cc2)no1. The maximum absolute atomic E-state index is 12.4. The van der Waals surface area contributed by atoms with Crippen LogP contribution in [0.1, 0.15) is 5.76 Å². The van der Waals surface area contributed by atoms with Gasteiger partial charge in [-0.3, -0.25) is 14.8 Å². The number of aryl methyl sites for hydroxylation is 1. The van der Waals surface area contributed by atoms with Crippen LogP contribution in [0, 0.1) is 6.92 Å². The van der Waals surface area contributed by atoms with Crippen molar-refractivity contribution in [3.8, 4) is 5.75 Å². The van der Waals surface area contributed by atoms with Crippen molar-refractivity contribution >= 4 is 56.4 Å². The minimum atomic E-state index is -3.83. The summed E-state index contributed by atoms with van der Waals surface area (Å²) in [4.78, 5) is 12.0. The molecule has 1 heterocycles. The highest BCUT2D eigenvalue weighted by Gasteiger charge is 2.16. The molecular weight excluding hydrogens is 464 g/mol. The Morgan fingerprint density at radius 2 is 1.84 bits per heavy atom. The third kappa shape index (κ3) is 6.67. The van der Waals surface area contributed by atoms with E-state index in [-0.39, 0.29) is 22.4 Å². The van der Waals surface area contributed by atoms with E-state index in [0.29, 0.717) is 22.2 Å². The average Bonchev–Trinajstić information content (AvgIpc) is 3.11. The van der Waals surface area contributed by atoms with Crippen LogP contribution in [0.25, 0.3) is 0 Å². The highest BCUT2D eigenvalue weighted by Crippen LogP contribution is 2.18. The number of halogens is 1. The van der Waals surface area contributed by atoms with Crippen LogP contribution in [0.5, 0.6) is 5.75 Å². The number of thiocarbonyl (C=S) groups is 1. The number of carbonyl (C=O) groups excluding carboxylic acids is 1. The number of aromatic nitrogens is 1. The van der Waals surface area contributed by atoms with E-state index >= 15 is 0 Å². The fraction of sp³-hybridized carbons (Fsp3) is 0.105. The Kier molecular flexibility index (Phi) is 7.10. The molecule has 0 aliphatic heterocycles. The van der Waals surface area contributed by atoms with Crippen LogP contribution in [0.4, 0.5) is 11.5 Å². The molecule has 3 rings (SSSR count). The van der Waals surface area contributed by atoms with Gasteiger partial charge in [-0.05, 0) is 67.7 Å². The molecule has 0 fully saturated rings. The van der Waals surface area contributed by atoms with Gasteiger partial charge >= 0.3 is 0 Å². The number of benzene rings is 2. The van der Waals surface area contributed by atoms with Gasteiger partial charge in [0.15, 0.2) is 17.5 Å². The standard InChI is InChI=1S/C19H17ClN4O5S2/c1-12-10-17(23-29-12)24-31(26,27)16-8-4-14(5-9-16)21-19(30)22-18(25)11-28-15-6-2-13(20)3-7-15/h2-10H,11H2,1H3,(H,23,24)(H2,21,22,25,30). The molecule has 0 atom stereocenters. The fourth-order valence-corrected chi connectivity index (χ4v) is 3.67. The van der Waals surface area contributed by atoms with Crippen molar-refractivity contribution in [2.75, 3.05) is 16.6 Å². The molecule has 162 valence electrons. The van der Waals surface area contributed by atoms with E-state index in [4.69, 9.17) is 33.1 Å². The second-order valence-electron chi connectivity index (χ2n) is 6.20. The Hall–Kier alpha value is -3.15. The quantitative estimate of drug-likeness (QED) is 0.440. The number of nitrogens with one attached hydrogen (secondary N) is 3. The molecule has 3 N–H and O–H groups in total. The van der Waals surface area contributed by atoms with Gasteiger partial charge in [0, 0.05) is 16.8 Å². The van der Waals surface area contributed by atoms with Crippen LogP contribution in [-0.4, -0.2) is 31.2 Å². The summed E-state index contributed by atoms with van der Waals surface area (Å²) in [6.45, 7) is 1.41. The Bertz CT molecular complexity index is 1180. The lowest BCUT2D eigenvalue weighted by atomic mass is 10.3. The van der Waals surface area contributed by atoms with Crippen LogP contribution in [-0.2, 0) is 14.8 Å². The van der Waals surface area contributed by atoms with Gasteiger partial charge in [-0.15, -0.1) is 0 Å².